The Morgan fingerprint density at radius 2 is 2.16 bits per heavy atom. The predicted octanol–water partition coefficient (Wildman–Crippen LogP) is 1.95. The van der Waals surface area contributed by atoms with E-state index in [2.05, 4.69) is 5.32 Å². The van der Waals surface area contributed by atoms with E-state index >= 15 is 0 Å². The van der Waals surface area contributed by atoms with E-state index in [0.29, 0.717) is 16.3 Å². The van der Waals surface area contributed by atoms with Crippen LogP contribution in [0.1, 0.15) is 23.2 Å². The van der Waals surface area contributed by atoms with Crippen LogP contribution < -0.4 is 10.1 Å². The van der Waals surface area contributed by atoms with Gasteiger partial charge in [-0.25, -0.2) is 0 Å². The highest BCUT2D eigenvalue weighted by Gasteiger charge is 2.13. The van der Waals surface area contributed by atoms with Gasteiger partial charge in [0.2, 0.25) is 5.91 Å². The van der Waals surface area contributed by atoms with Crippen LogP contribution >= 0.6 is 11.6 Å². The smallest absolute Gasteiger partial charge is 0.221 e. The lowest BCUT2D eigenvalue weighted by Gasteiger charge is -2.06. The molecule has 0 radical (unpaired) electrons. The summed E-state index contributed by atoms with van der Waals surface area (Å²) < 4.78 is 4.98. The Morgan fingerprint density at radius 3 is 2.74 bits per heavy atom. The van der Waals surface area contributed by atoms with Crippen LogP contribution in [0.15, 0.2) is 18.2 Å². The summed E-state index contributed by atoms with van der Waals surface area (Å²) in [6, 6.07) is 6.53. The van der Waals surface area contributed by atoms with Gasteiger partial charge in [-0.3, -0.25) is 9.59 Å². The third-order valence-electron chi connectivity index (χ3n) is 2.42. The fourth-order valence-electron chi connectivity index (χ4n) is 1.44. The van der Waals surface area contributed by atoms with Gasteiger partial charge in [-0.05, 0) is 18.2 Å². The average molecular weight is 281 g/mol. The van der Waals surface area contributed by atoms with Gasteiger partial charge in [0.25, 0.3) is 0 Å². The number of nitrogens with zero attached hydrogens (tertiary/aromatic N) is 1. The van der Waals surface area contributed by atoms with Crippen LogP contribution in [0.25, 0.3) is 0 Å². The second-order valence-corrected chi connectivity index (χ2v) is 4.11. The summed E-state index contributed by atoms with van der Waals surface area (Å²) in [5.74, 6) is 0.00704. The third kappa shape index (κ3) is 4.60. The minimum Gasteiger partial charge on any atom is -0.497 e. The molecule has 19 heavy (non-hydrogen) atoms. The molecule has 0 atom stereocenters. The Balaban J connectivity index is 2.59. The van der Waals surface area contributed by atoms with E-state index in [1.54, 1.807) is 24.3 Å². The summed E-state index contributed by atoms with van der Waals surface area (Å²) in [5.41, 5.74) is 0.357. The second kappa shape index (κ2) is 7.39. The number of ether oxygens (including phenoxy) is 1. The number of benzene rings is 1. The lowest BCUT2D eigenvalue weighted by molar-refractivity contribution is -0.120. The first kappa shape index (κ1) is 15.0. The number of nitrogens with one attached hydrogen (secondary N) is 1. The monoisotopic (exact) mass is 280 g/mol. The summed E-state index contributed by atoms with van der Waals surface area (Å²) in [7, 11) is 1.51. The molecule has 1 aromatic carbocycles. The number of carbonyl (C=O) groups excluding carboxylic acids is 2. The SMILES string of the molecule is COc1ccc(C(=O)CCC(=O)NCC#N)c(Cl)c1. The highest BCUT2D eigenvalue weighted by molar-refractivity contribution is 6.34. The molecule has 0 bridgehead atoms. The molecule has 0 unspecified atom stereocenters. The first-order valence-electron chi connectivity index (χ1n) is 5.59. The van der Waals surface area contributed by atoms with Crippen molar-refractivity contribution >= 4 is 23.3 Å². The Kier molecular flexibility index (Phi) is 5.83. The molecular weight excluding hydrogens is 268 g/mol. The van der Waals surface area contributed by atoms with E-state index in [1.807, 2.05) is 0 Å². The fourth-order valence-corrected chi connectivity index (χ4v) is 1.71. The van der Waals surface area contributed by atoms with Gasteiger partial charge in [-0.15, -0.1) is 0 Å². The van der Waals surface area contributed by atoms with E-state index in [-0.39, 0.29) is 31.1 Å². The number of hydrogen-bond donors (Lipinski definition) is 1. The number of halogens is 1. The van der Waals surface area contributed by atoms with Crippen LogP contribution in [-0.4, -0.2) is 25.3 Å². The molecule has 6 heteroatoms. The molecule has 0 saturated heterocycles. The molecule has 100 valence electrons. The predicted molar refractivity (Wildman–Crippen MR) is 70.2 cm³/mol. The van der Waals surface area contributed by atoms with Crippen molar-refractivity contribution < 1.29 is 14.3 Å². The van der Waals surface area contributed by atoms with Crippen molar-refractivity contribution in [1.29, 1.82) is 5.26 Å². The largest absolute Gasteiger partial charge is 0.497 e. The van der Waals surface area contributed by atoms with Crippen molar-refractivity contribution in [3.8, 4) is 11.8 Å². The Hall–Kier alpha value is -2.06. The summed E-state index contributed by atoms with van der Waals surface area (Å²) in [6.45, 7) is -0.0592. The molecule has 0 spiro atoms. The van der Waals surface area contributed by atoms with Gasteiger partial charge in [-0.2, -0.15) is 5.26 Å². The summed E-state index contributed by atoms with van der Waals surface area (Å²) in [4.78, 5) is 23.1. The first-order chi connectivity index (χ1) is 9.08. The third-order valence-corrected chi connectivity index (χ3v) is 2.73. The van der Waals surface area contributed by atoms with Crippen LogP contribution in [0.3, 0.4) is 0 Å². The van der Waals surface area contributed by atoms with E-state index in [1.165, 1.54) is 7.11 Å². The van der Waals surface area contributed by atoms with Crippen LogP contribution in [0.5, 0.6) is 5.75 Å². The molecule has 0 aliphatic heterocycles. The van der Waals surface area contributed by atoms with E-state index in [9.17, 15) is 9.59 Å². The van der Waals surface area contributed by atoms with Gasteiger partial charge in [0.05, 0.1) is 18.2 Å². The summed E-state index contributed by atoms with van der Waals surface area (Å²) in [5, 5.41) is 11.0. The number of amides is 1. The Bertz CT molecular complexity index is 523. The van der Waals surface area contributed by atoms with Gasteiger partial charge < -0.3 is 10.1 Å². The Morgan fingerprint density at radius 1 is 1.42 bits per heavy atom. The van der Waals surface area contributed by atoms with Gasteiger partial charge in [0.1, 0.15) is 12.3 Å². The van der Waals surface area contributed by atoms with E-state index < -0.39 is 0 Å². The maximum atomic E-state index is 11.9. The molecule has 0 aliphatic rings. The van der Waals surface area contributed by atoms with Crippen LogP contribution in [-0.2, 0) is 4.79 Å². The van der Waals surface area contributed by atoms with Crippen molar-refractivity contribution in [2.24, 2.45) is 0 Å². The maximum absolute atomic E-state index is 11.9. The first-order valence-corrected chi connectivity index (χ1v) is 5.96. The van der Waals surface area contributed by atoms with Gasteiger partial charge in [0.15, 0.2) is 5.78 Å². The van der Waals surface area contributed by atoms with Crippen molar-refractivity contribution in [2.45, 2.75) is 12.8 Å². The number of methoxy groups -OCH3 is 1. The molecule has 0 fully saturated rings. The number of Topliss-reactive ketones (excluding diaryl/α,β-unsaturated/α-hetero) is 1. The minimum absolute atomic E-state index is 0.0306. The van der Waals surface area contributed by atoms with Crippen molar-refractivity contribution in [3.63, 3.8) is 0 Å². The highest BCUT2D eigenvalue weighted by atomic mass is 35.5. The highest BCUT2D eigenvalue weighted by Crippen LogP contribution is 2.23. The van der Waals surface area contributed by atoms with Gasteiger partial charge in [-0.1, -0.05) is 11.6 Å². The summed E-state index contributed by atoms with van der Waals surface area (Å²) >= 11 is 5.96. The molecule has 0 heterocycles. The van der Waals surface area contributed by atoms with Crippen LogP contribution in [0.2, 0.25) is 5.02 Å². The Labute approximate surface area is 116 Å². The van der Waals surface area contributed by atoms with Crippen LogP contribution in [0, 0.1) is 11.3 Å². The average Bonchev–Trinajstić information content (AvgIpc) is 2.42. The lowest BCUT2D eigenvalue weighted by atomic mass is 10.1. The molecule has 1 aromatic rings. The number of carbonyl (C=O) groups is 2. The maximum Gasteiger partial charge on any atom is 0.221 e. The molecule has 0 aromatic heterocycles. The van der Waals surface area contributed by atoms with Crippen LogP contribution in [0.4, 0.5) is 0 Å². The number of rotatable bonds is 6. The second-order valence-electron chi connectivity index (χ2n) is 3.70. The number of hydrogen-bond acceptors (Lipinski definition) is 4. The van der Waals surface area contributed by atoms with Crippen molar-refractivity contribution in [1.82, 2.24) is 5.32 Å². The summed E-state index contributed by atoms with van der Waals surface area (Å²) in [6.07, 6.45) is 0.0756. The normalized spacial score (nSPS) is 9.53. The quantitative estimate of drug-likeness (QED) is 0.638. The lowest BCUT2D eigenvalue weighted by Crippen LogP contribution is -2.23. The number of ketones is 1. The molecular formula is C13H13ClN2O3. The zero-order chi connectivity index (χ0) is 14.3. The van der Waals surface area contributed by atoms with Crippen molar-refractivity contribution in [2.75, 3.05) is 13.7 Å². The molecule has 5 nitrogen and oxygen atoms in total. The zero-order valence-electron chi connectivity index (χ0n) is 10.4. The molecule has 1 rings (SSSR count). The molecule has 1 N–H and O–H groups in total. The molecule has 0 aliphatic carbocycles. The minimum atomic E-state index is -0.334. The van der Waals surface area contributed by atoms with E-state index in [0.717, 1.165) is 0 Å². The van der Waals surface area contributed by atoms with E-state index in [4.69, 9.17) is 21.6 Å². The zero-order valence-corrected chi connectivity index (χ0v) is 11.2. The standard InChI is InChI=1S/C13H13ClN2O3/c1-19-9-2-3-10(11(14)8-9)12(17)4-5-13(18)16-7-6-15/h2-3,8H,4-5,7H2,1H3,(H,16,18). The topological polar surface area (TPSA) is 79.2 Å². The van der Waals surface area contributed by atoms with Gasteiger partial charge >= 0.3 is 0 Å². The number of nitriles is 1. The fraction of sp³-hybridized carbons (Fsp3) is 0.308. The molecule has 1 amide bonds. The molecule has 0 saturated carbocycles. The van der Waals surface area contributed by atoms with Gasteiger partial charge in [0, 0.05) is 18.4 Å². The van der Waals surface area contributed by atoms with Crippen molar-refractivity contribution in [3.05, 3.63) is 28.8 Å².